The fourth-order valence-electron chi connectivity index (χ4n) is 2.45. The fraction of sp³-hybridized carbons (Fsp3) is 0.0667. The van der Waals surface area contributed by atoms with E-state index in [1.54, 1.807) is 43.3 Å². The van der Waals surface area contributed by atoms with Crippen LogP contribution in [0.2, 0.25) is 0 Å². The summed E-state index contributed by atoms with van der Waals surface area (Å²) >= 11 is 0. The maximum Gasteiger partial charge on any atom is 0.298 e. The highest BCUT2D eigenvalue weighted by Crippen LogP contribution is 2.26. The number of amides is 1. The van der Waals surface area contributed by atoms with E-state index in [2.05, 4.69) is 0 Å². The Labute approximate surface area is 114 Å². The average molecular weight is 268 g/mol. The Kier molecular flexibility index (Phi) is 2.68. The van der Waals surface area contributed by atoms with Crippen LogP contribution in [0, 0.1) is 6.92 Å². The molecule has 5 heteroatoms. The Morgan fingerprint density at radius 2 is 1.90 bits per heavy atom. The number of benzene rings is 1. The molecule has 2 N–H and O–H groups in total. The Bertz CT molecular complexity index is 813. The van der Waals surface area contributed by atoms with Gasteiger partial charge in [0, 0.05) is 11.1 Å². The lowest BCUT2D eigenvalue weighted by molar-refractivity contribution is 0.0935. The summed E-state index contributed by atoms with van der Waals surface area (Å²) in [5, 5.41) is 0.664. The van der Waals surface area contributed by atoms with Crippen molar-refractivity contribution in [2.45, 2.75) is 6.92 Å². The molecule has 0 unspecified atom stereocenters. The van der Waals surface area contributed by atoms with Gasteiger partial charge in [-0.15, -0.1) is 0 Å². The molecule has 0 aliphatic rings. The first-order valence-electron chi connectivity index (χ1n) is 6.09. The first kappa shape index (κ1) is 12.2. The summed E-state index contributed by atoms with van der Waals surface area (Å²) in [6, 6.07) is 10.4. The number of rotatable bonds is 2. The molecule has 0 aliphatic carbocycles. The number of aromatic nitrogens is 1. The first-order chi connectivity index (χ1) is 9.61. The van der Waals surface area contributed by atoms with Crippen LogP contribution in [0.5, 0.6) is 0 Å². The Balaban J connectivity index is 2.34. The minimum atomic E-state index is -0.551. The van der Waals surface area contributed by atoms with Crippen LogP contribution < -0.4 is 5.73 Å². The van der Waals surface area contributed by atoms with E-state index < -0.39 is 5.91 Å². The molecule has 1 amide bonds. The fourth-order valence-corrected chi connectivity index (χ4v) is 2.45. The Morgan fingerprint density at radius 1 is 1.15 bits per heavy atom. The van der Waals surface area contributed by atoms with Crippen molar-refractivity contribution in [3.05, 3.63) is 59.7 Å². The van der Waals surface area contributed by atoms with Crippen LogP contribution in [-0.2, 0) is 0 Å². The number of nitrogens with two attached hydrogens (primary N) is 1. The van der Waals surface area contributed by atoms with Crippen LogP contribution >= 0.6 is 0 Å². The number of carbonyl (C=O) groups excluding carboxylic acids is 2. The highest BCUT2D eigenvalue weighted by Gasteiger charge is 2.23. The molecular formula is C15H12N2O3. The number of nitrogens with zero attached hydrogens (tertiary/aromatic N) is 1. The van der Waals surface area contributed by atoms with E-state index in [9.17, 15) is 9.59 Å². The number of para-hydroxylation sites is 1. The van der Waals surface area contributed by atoms with Crippen molar-refractivity contribution in [3.63, 3.8) is 0 Å². The zero-order valence-corrected chi connectivity index (χ0v) is 10.8. The second kappa shape index (κ2) is 4.38. The molecule has 0 aliphatic heterocycles. The number of furan rings is 1. The van der Waals surface area contributed by atoms with Gasteiger partial charge in [-0.3, -0.25) is 14.2 Å². The molecule has 1 aromatic carbocycles. The quantitative estimate of drug-likeness (QED) is 0.774. The molecule has 2 aromatic heterocycles. The molecule has 0 radical (unpaired) electrons. The van der Waals surface area contributed by atoms with Gasteiger partial charge in [0.15, 0.2) is 5.76 Å². The van der Waals surface area contributed by atoms with Crippen LogP contribution in [0.3, 0.4) is 0 Å². The summed E-state index contributed by atoms with van der Waals surface area (Å²) in [4.78, 5) is 24.1. The van der Waals surface area contributed by atoms with Gasteiger partial charge < -0.3 is 10.2 Å². The summed E-state index contributed by atoms with van der Waals surface area (Å²) in [5.41, 5.74) is 6.94. The first-order valence-corrected chi connectivity index (χ1v) is 6.09. The van der Waals surface area contributed by atoms with Crippen LogP contribution in [0.15, 0.2) is 47.1 Å². The third kappa shape index (κ3) is 1.64. The Morgan fingerprint density at radius 3 is 2.55 bits per heavy atom. The summed E-state index contributed by atoms with van der Waals surface area (Å²) in [5.74, 6) is -0.661. The molecule has 3 rings (SSSR count). The number of hydrogen-bond acceptors (Lipinski definition) is 3. The molecule has 0 spiro atoms. The topological polar surface area (TPSA) is 78.2 Å². The normalized spacial score (nSPS) is 10.8. The molecule has 3 aromatic rings. The van der Waals surface area contributed by atoms with Crippen LogP contribution in [0.25, 0.3) is 10.9 Å². The number of primary amides is 1. The number of fused-ring (bicyclic) bond motifs is 1. The van der Waals surface area contributed by atoms with E-state index in [0.29, 0.717) is 22.2 Å². The predicted octanol–water partition coefficient (Wildman–Crippen LogP) is 2.33. The molecular weight excluding hydrogens is 256 g/mol. The third-order valence-electron chi connectivity index (χ3n) is 3.29. The minimum Gasteiger partial charge on any atom is -0.459 e. The standard InChI is InChI=1S/C15H12N2O3/c1-9-13(14(16)18)10-5-2-3-6-11(10)17(9)15(19)12-7-4-8-20-12/h2-8H,1H3,(H2,16,18). The zero-order chi connectivity index (χ0) is 14.3. The van der Waals surface area contributed by atoms with Crippen molar-refractivity contribution in [3.8, 4) is 0 Å². The van der Waals surface area contributed by atoms with Crippen molar-refractivity contribution in [2.24, 2.45) is 5.73 Å². The monoisotopic (exact) mass is 268 g/mol. The van der Waals surface area contributed by atoms with Crippen molar-refractivity contribution < 1.29 is 14.0 Å². The van der Waals surface area contributed by atoms with Gasteiger partial charge in [0.1, 0.15) is 0 Å². The molecule has 0 bridgehead atoms. The van der Waals surface area contributed by atoms with E-state index in [1.165, 1.54) is 10.8 Å². The molecule has 2 heterocycles. The molecule has 0 saturated heterocycles. The van der Waals surface area contributed by atoms with E-state index in [-0.39, 0.29) is 11.7 Å². The molecule has 5 nitrogen and oxygen atoms in total. The van der Waals surface area contributed by atoms with Gasteiger partial charge in [0.25, 0.3) is 11.8 Å². The smallest absolute Gasteiger partial charge is 0.298 e. The zero-order valence-electron chi connectivity index (χ0n) is 10.8. The Hall–Kier alpha value is -2.82. The van der Waals surface area contributed by atoms with Crippen LogP contribution in [-0.4, -0.2) is 16.4 Å². The maximum atomic E-state index is 12.5. The van der Waals surface area contributed by atoms with E-state index in [4.69, 9.17) is 10.2 Å². The van der Waals surface area contributed by atoms with Gasteiger partial charge in [-0.25, -0.2) is 0 Å². The summed E-state index contributed by atoms with van der Waals surface area (Å²) in [6.07, 6.45) is 1.43. The molecule has 0 atom stereocenters. The second-order valence-corrected chi connectivity index (χ2v) is 4.46. The molecule has 0 fully saturated rings. The largest absolute Gasteiger partial charge is 0.459 e. The van der Waals surface area contributed by atoms with Crippen molar-refractivity contribution in [1.29, 1.82) is 0 Å². The second-order valence-electron chi connectivity index (χ2n) is 4.46. The van der Waals surface area contributed by atoms with Crippen LogP contribution in [0.1, 0.15) is 26.6 Å². The van der Waals surface area contributed by atoms with Crippen molar-refractivity contribution in [1.82, 2.24) is 4.57 Å². The van der Waals surface area contributed by atoms with Gasteiger partial charge in [-0.05, 0) is 25.1 Å². The lowest BCUT2D eigenvalue weighted by Gasteiger charge is -2.04. The van der Waals surface area contributed by atoms with Gasteiger partial charge in [-0.1, -0.05) is 18.2 Å². The number of hydrogen-bond donors (Lipinski definition) is 1. The van der Waals surface area contributed by atoms with E-state index in [1.807, 2.05) is 0 Å². The SMILES string of the molecule is Cc1c(C(N)=O)c2ccccc2n1C(=O)c1ccco1. The van der Waals surface area contributed by atoms with Gasteiger partial charge in [-0.2, -0.15) is 0 Å². The minimum absolute atomic E-state index is 0.213. The summed E-state index contributed by atoms with van der Waals surface area (Å²) < 4.78 is 6.59. The van der Waals surface area contributed by atoms with Gasteiger partial charge >= 0.3 is 0 Å². The maximum absolute atomic E-state index is 12.5. The molecule has 20 heavy (non-hydrogen) atoms. The van der Waals surface area contributed by atoms with Crippen molar-refractivity contribution in [2.75, 3.05) is 0 Å². The van der Waals surface area contributed by atoms with Crippen LogP contribution in [0.4, 0.5) is 0 Å². The highest BCUT2D eigenvalue weighted by atomic mass is 16.3. The molecule has 0 saturated carbocycles. The van der Waals surface area contributed by atoms with Crippen molar-refractivity contribution >= 4 is 22.7 Å². The summed E-state index contributed by atoms with van der Waals surface area (Å²) in [7, 11) is 0. The third-order valence-corrected chi connectivity index (χ3v) is 3.29. The predicted molar refractivity (Wildman–Crippen MR) is 73.6 cm³/mol. The van der Waals surface area contributed by atoms with Gasteiger partial charge in [0.05, 0.1) is 17.3 Å². The van der Waals surface area contributed by atoms with E-state index >= 15 is 0 Å². The lowest BCUT2D eigenvalue weighted by Crippen LogP contribution is -2.16. The molecule has 100 valence electrons. The lowest BCUT2D eigenvalue weighted by atomic mass is 10.1. The summed E-state index contributed by atoms with van der Waals surface area (Å²) in [6.45, 7) is 1.70. The van der Waals surface area contributed by atoms with E-state index in [0.717, 1.165) is 0 Å². The average Bonchev–Trinajstić information content (AvgIpc) is 3.02. The highest BCUT2D eigenvalue weighted by molar-refractivity contribution is 6.12. The van der Waals surface area contributed by atoms with Gasteiger partial charge in [0.2, 0.25) is 0 Å². The number of carbonyl (C=O) groups is 2.